The van der Waals surface area contributed by atoms with E-state index in [1.807, 2.05) is 31.2 Å². The molecular weight excluding hydrogens is 807 g/mol. The number of piperidine rings is 1. The van der Waals surface area contributed by atoms with Gasteiger partial charge in [-0.15, -0.1) is 0 Å². The number of esters is 1. The molecule has 1 aliphatic carbocycles. The molecule has 1 unspecified atom stereocenters. The molecule has 6 bridgehead atoms. The molecule has 5 rings (SSSR count). The maximum atomic E-state index is 14.4. The molecule has 3 saturated heterocycles. The molecule has 3 N–H and O–H groups in total. The van der Waals surface area contributed by atoms with Gasteiger partial charge in [0.15, 0.2) is 0 Å². The highest BCUT2D eigenvalue weighted by molar-refractivity contribution is 6.39. The lowest BCUT2D eigenvalue weighted by Crippen LogP contribution is -2.65. The van der Waals surface area contributed by atoms with Crippen molar-refractivity contribution < 1.29 is 58.2 Å². The minimum Gasteiger partial charge on any atom is -0.460 e. The molecule has 354 valence electrons. The predicted octanol–water partition coefficient (Wildman–Crippen LogP) is 6.22. The van der Waals surface area contributed by atoms with Crippen molar-refractivity contribution >= 4 is 23.4 Å². The van der Waals surface area contributed by atoms with Crippen molar-refractivity contribution in [2.75, 3.05) is 27.9 Å². The quantitative estimate of drug-likeness (QED) is 0.162. The van der Waals surface area contributed by atoms with E-state index in [0.717, 1.165) is 18.4 Å². The highest BCUT2D eigenvalue weighted by Gasteiger charge is 2.57. The average molecular weight is 884 g/mol. The minimum absolute atomic E-state index is 0.0639. The number of ether oxygens (including phenoxy) is 5. The first-order valence-electron chi connectivity index (χ1n) is 23.5. The Bertz CT molecular complexity index is 1710. The van der Waals surface area contributed by atoms with Crippen LogP contribution in [0.2, 0.25) is 0 Å². The Hall–Kier alpha value is -3.04. The van der Waals surface area contributed by atoms with Gasteiger partial charge >= 0.3 is 5.97 Å². The number of aliphatic hydroxyl groups is 3. The summed E-state index contributed by atoms with van der Waals surface area (Å²) in [7, 11) is 4.78. The zero-order valence-electron chi connectivity index (χ0n) is 39.3. The lowest BCUT2D eigenvalue weighted by Gasteiger charge is -2.50. The second kappa shape index (κ2) is 22.9. The Kier molecular flexibility index (Phi) is 18.5. The number of ketones is 2. The lowest BCUT2D eigenvalue weighted by atomic mass is 9.68. The van der Waals surface area contributed by atoms with Crippen LogP contribution in [0.4, 0.5) is 0 Å². The van der Waals surface area contributed by atoms with Gasteiger partial charge in [0.2, 0.25) is 5.79 Å². The summed E-state index contributed by atoms with van der Waals surface area (Å²) < 4.78 is 29.7. The van der Waals surface area contributed by atoms with Gasteiger partial charge in [0.05, 0.1) is 30.5 Å². The molecule has 4 heterocycles. The zero-order valence-corrected chi connectivity index (χ0v) is 39.3. The summed E-state index contributed by atoms with van der Waals surface area (Å²) in [5.74, 6) is -6.81. The molecule has 0 radical (unpaired) electrons. The van der Waals surface area contributed by atoms with Gasteiger partial charge in [0.1, 0.15) is 24.0 Å². The van der Waals surface area contributed by atoms with Crippen molar-refractivity contribution in [3.05, 3.63) is 47.6 Å². The topological polar surface area (TPSA) is 178 Å². The first kappa shape index (κ1) is 51.0. The molecule has 16 atom stereocenters. The fraction of sp³-hybridized carbons (Fsp3) is 0.760. The van der Waals surface area contributed by atoms with Crippen LogP contribution >= 0.6 is 0 Å². The normalized spacial score (nSPS) is 43.6. The molecule has 0 aromatic carbocycles. The first-order valence-corrected chi connectivity index (χ1v) is 23.5. The minimum atomic E-state index is -2.41. The van der Waals surface area contributed by atoms with Gasteiger partial charge in [0.25, 0.3) is 11.7 Å². The molecule has 4 fully saturated rings. The number of allylic oxidation sites excluding steroid dienone is 6. The summed E-state index contributed by atoms with van der Waals surface area (Å²) in [6, 6.07) is -1.09. The summed E-state index contributed by atoms with van der Waals surface area (Å²) in [6.07, 6.45) is 13.9. The van der Waals surface area contributed by atoms with Crippen molar-refractivity contribution in [3.63, 3.8) is 0 Å². The monoisotopic (exact) mass is 884 g/mol. The second-order valence-corrected chi connectivity index (χ2v) is 19.7. The molecule has 63 heavy (non-hydrogen) atoms. The number of hydrogen-bond acceptors (Lipinski definition) is 12. The number of carbonyl (C=O) groups is 4. The number of amides is 1. The third-order valence-corrected chi connectivity index (χ3v) is 14.9. The summed E-state index contributed by atoms with van der Waals surface area (Å²) in [6.45, 7) is 11.7. The number of methoxy groups -OCH3 is 3. The highest BCUT2D eigenvalue weighted by atomic mass is 16.6. The summed E-state index contributed by atoms with van der Waals surface area (Å²) in [4.78, 5) is 58.4. The summed E-state index contributed by atoms with van der Waals surface area (Å²) in [5, 5.41) is 34.1. The molecule has 0 aromatic rings. The number of Topliss-reactive ketones (excluding diaryl/α,β-unsaturated/α-hetero) is 2. The number of hydrogen-bond donors (Lipinski definition) is 3. The highest BCUT2D eigenvalue weighted by Crippen LogP contribution is 2.45. The van der Waals surface area contributed by atoms with Crippen LogP contribution < -0.4 is 0 Å². The Balaban J connectivity index is 1.49. The van der Waals surface area contributed by atoms with Crippen LogP contribution in [-0.2, 0) is 42.9 Å². The second-order valence-electron chi connectivity index (χ2n) is 19.7. The van der Waals surface area contributed by atoms with Crippen LogP contribution in [0.1, 0.15) is 119 Å². The Morgan fingerprint density at radius 2 is 1.56 bits per heavy atom. The maximum Gasteiger partial charge on any atom is 0.329 e. The van der Waals surface area contributed by atoms with Crippen molar-refractivity contribution in [1.29, 1.82) is 0 Å². The van der Waals surface area contributed by atoms with Crippen LogP contribution in [0.25, 0.3) is 0 Å². The Morgan fingerprint density at radius 1 is 0.825 bits per heavy atom. The van der Waals surface area contributed by atoms with Crippen molar-refractivity contribution in [3.8, 4) is 0 Å². The molecule has 1 saturated carbocycles. The molecule has 0 aromatic heterocycles. The average Bonchev–Trinajstić information content (AvgIpc) is 3.25. The van der Waals surface area contributed by atoms with Crippen molar-refractivity contribution in [2.45, 2.75) is 173 Å². The third-order valence-electron chi connectivity index (χ3n) is 14.9. The van der Waals surface area contributed by atoms with Crippen LogP contribution in [0, 0.1) is 41.4 Å². The van der Waals surface area contributed by atoms with E-state index in [-0.39, 0.29) is 54.6 Å². The van der Waals surface area contributed by atoms with Gasteiger partial charge in [-0.2, -0.15) is 0 Å². The van der Waals surface area contributed by atoms with Crippen molar-refractivity contribution in [2.24, 2.45) is 41.4 Å². The van der Waals surface area contributed by atoms with E-state index in [9.17, 15) is 34.5 Å². The smallest absolute Gasteiger partial charge is 0.329 e. The number of nitrogens with zero attached hydrogens (tertiary/aromatic N) is 1. The van der Waals surface area contributed by atoms with Gasteiger partial charge in [-0.05, 0) is 113 Å². The molecule has 13 heteroatoms. The van der Waals surface area contributed by atoms with E-state index >= 15 is 0 Å². The molecular formula is C50H77NO12. The first-order chi connectivity index (χ1) is 29.9. The van der Waals surface area contributed by atoms with Gasteiger partial charge in [-0.3, -0.25) is 14.4 Å². The predicted molar refractivity (Wildman–Crippen MR) is 238 cm³/mol. The van der Waals surface area contributed by atoms with E-state index in [1.165, 1.54) is 4.90 Å². The van der Waals surface area contributed by atoms with Gasteiger partial charge in [-0.1, -0.05) is 64.2 Å². The number of fused-ring (bicyclic) bond motifs is 3. The van der Waals surface area contributed by atoms with E-state index in [4.69, 9.17) is 23.7 Å². The number of carbonyl (C=O) groups excluding carboxylic acids is 4. The van der Waals surface area contributed by atoms with E-state index < -0.39 is 77.8 Å². The molecule has 1 amide bonds. The van der Waals surface area contributed by atoms with Gasteiger partial charge in [0, 0.05) is 58.5 Å². The van der Waals surface area contributed by atoms with Crippen LogP contribution in [0.3, 0.4) is 0 Å². The van der Waals surface area contributed by atoms with E-state index in [0.29, 0.717) is 63.4 Å². The van der Waals surface area contributed by atoms with Crippen LogP contribution in [-0.4, -0.2) is 126 Å². The standard InChI is InChI=1S/C50H77NO12/c1-29-14-11-10-12-15-31(3)41(59-7)27-36-19-17-34(6)50(58,63-36)47(55)48(56)51-21-13-16-37-38(25-35-18-20-39(52)43(26-35)60-8)42(62-49(57)45(37)51)28-40(53)32(4)24-33(5)46(54)44(61-9)23-30(2)22-29/h10-12,14-15,24,29-30,32,34-39,41-46,52,54,58H,13,16-23,25-28H2,1-9H3/b12-10+,14-11+,31-15+,33-24+/t29-,30-,32-,34-,35+,36+,37?,38+,39-,41+,42+,43-,44+,45+,46-,50-/m1/s1. The van der Waals surface area contributed by atoms with Gasteiger partial charge in [-0.25, -0.2) is 4.79 Å². The maximum absolute atomic E-state index is 14.4. The number of rotatable bonds is 5. The molecule has 0 spiro atoms. The van der Waals surface area contributed by atoms with Crippen LogP contribution in [0.5, 0.6) is 0 Å². The van der Waals surface area contributed by atoms with E-state index in [1.54, 1.807) is 48.2 Å². The summed E-state index contributed by atoms with van der Waals surface area (Å²) in [5.41, 5.74) is 1.55. The fourth-order valence-electron chi connectivity index (χ4n) is 11.1. The van der Waals surface area contributed by atoms with Crippen LogP contribution in [0.15, 0.2) is 47.6 Å². The Morgan fingerprint density at radius 3 is 2.25 bits per heavy atom. The number of aliphatic hydroxyl groups excluding tert-OH is 2. The molecule has 5 aliphatic rings. The van der Waals surface area contributed by atoms with Crippen molar-refractivity contribution in [1.82, 2.24) is 4.90 Å². The lowest BCUT2D eigenvalue weighted by molar-refractivity contribution is -0.266. The zero-order chi connectivity index (χ0) is 46.2. The fourth-order valence-corrected chi connectivity index (χ4v) is 11.1. The Labute approximate surface area is 375 Å². The SMILES string of the molecule is CO[C@H]1C[C@@H]2CC[C@@H](C)[C@@](O)(O2)C(=O)C(=O)N2CCCC3[C@H]2C(=O)O[C@@H](CC(=O)[C@H](C)/C=C(\C)[C@@H](O)[C@@H](OC)C[C@H](C)C[C@H](C)/C=C/C=C/C=C/1C)[C@H]3C[C@@H]1CC[C@@H](O)[C@H](OC)C1. The largest absolute Gasteiger partial charge is 0.460 e. The van der Waals surface area contributed by atoms with Gasteiger partial charge < -0.3 is 43.9 Å². The summed E-state index contributed by atoms with van der Waals surface area (Å²) >= 11 is 0. The van der Waals surface area contributed by atoms with E-state index in [2.05, 4.69) is 19.9 Å². The molecule has 13 nitrogen and oxygen atoms in total. The third kappa shape index (κ3) is 12.4. The molecule has 4 aliphatic heterocycles.